The fourth-order valence-corrected chi connectivity index (χ4v) is 2.26. The second-order valence-electron chi connectivity index (χ2n) is 4.43. The van der Waals surface area contributed by atoms with Crippen molar-refractivity contribution in [3.63, 3.8) is 0 Å². The molecule has 0 spiro atoms. The van der Waals surface area contributed by atoms with E-state index in [9.17, 15) is 5.11 Å². The second kappa shape index (κ2) is 5.46. The summed E-state index contributed by atoms with van der Waals surface area (Å²) in [6.07, 6.45) is 6.27. The van der Waals surface area contributed by atoms with E-state index in [2.05, 4.69) is 11.9 Å². The number of hydrogen-bond donors (Lipinski definition) is 1. The molecule has 1 aliphatic rings. The van der Waals surface area contributed by atoms with Crippen molar-refractivity contribution >= 4 is 0 Å². The first-order valence-corrected chi connectivity index (χ1v) is 6.08. The van der Waals surface area contributed by atoms with Crippen molar-refractivity contribution in [1.82, 2.24) is 9.55 Å². The van der Waals surface area contributed by atoms with E-state index in [-0.39, 0.29) is 5.92 Å². The van der Waals surface area contributed by atoms with E-state index in [4.69, 9.17) is 4.74 Å². The highest BCUT2D eigenvalue weighted by Gasteiger charge is 2.25. The smallest absolute Gasteiger partial charge is 0.101 e. The number of aryl methyl sites for hydroxylation is 1. The van der Waals surface area contributed by atoms with E-state index in [1.54, 1.807) is 12.5 Å². The molecule has 1 fully saturated rings. The maximum absolute atomic E-state index is 10.3. The molecular formula is C12H20N2O2. The number of aliphatic hydroxyl groups is 1. The molecule has 2 rings (SSSR count). The molecule has 0 aromatic carbocycles. The number of hydrogen-bond acceptors (Lipinski definition) is 3. The molecule has 2 unspecified atom stereocenters. The summed E-state index contributed by atoms with van der Waals surface area (Å²) < 4.78 is 7.45. The third-order valence-corrected chi connectivity index (χ3v) is 3.15. The Bertz CT molecular complexity index is 319. The Hall–Kier alpha value is -0.870. The van der Waals surface area contributed by atoms with Gasteiger partial charge in [0.15, 0.2) is 0 Å². The molecule has 0 bridgehead atoms. The lowest BCUT2D eigenvalue weighted by atomic mass is 9.94. The Morgan fingerprint density at radius 1 is 1.69 bits per heavy atom. The molecule has 1 aliphatic heterocycles. The molecule has 1 saturated heterocycles. The van der Waals surface area contributed by atoms with Crippen LogP contribution >= 0.6 is 0 Å². The number of rotatable bonds is 4. The van der Waals surface area contributed by atoms with Crippen molar-refractivity contribution in [2.45, 2.75) is 38.8 Å². The fraction of sp³-hybridized carbons (Fsp3) is 0.750. The number of ether oxygens (including phenoxy) is 1. The van der Waals surface area contributed by atoms with Crippen molar-refractivity contribution < 1.29 is 9.84 Å². The van der Waals surface area contributed by atoms with Gasteiger partial charge in [-0.1, -0.05) is 6.92 Å². The average Bonchev–Trinajstić information content (AvgIpc) is 2.78. The van der Waals surface area contributed by atoms with Crippen LogP contribution in [0.15, 0.2) is 12.5 Å². The Balaban J connectivity index is 2.06. The SMILES string of the molecule is CCCn1cncc1C(O)C1CCCOC1. The molecule has 16 heavy (non-hydrogen) atoms. The summed E-state index contributed by atoms with van der Waals surface area (Å²) in [5.74, 6) is 0.223. The highest BCUT2D eigenvalue weighted by molar-refractivity contribution is 5.04. The number of aliphatic hydroxyl groups excluding tert-OH is 1. The van der Waals surface area contributed by atoms with E-state index in [1.165, 1.54) is 0 Å². The third kappa shape index (κ3) is 2.44. The zero-order valence-electron chi connectivity index (χ0n) is 9.80. The summed E-state index contributed by atoms with van der Waals surface area (Å²) in [6, 6.07) is 0. The lowest BCUT2D eigenvalue weighted by Crippen LogP contribution is -2.25. The zero-order valence-corrected chi connectivity index (χ0v) is 9.80. The summed E-state index contributed by atoms with van der Waals surface area (Å²) in [7, 11) is 0. The standard InChI is InChI=1S/C12H20N2O2/c1-2-5-14-9-13-7-11(14)12(15)10-4-3-6-16-8-10/h7,9-10,12,15H,2-6,8H2,1H3. The van der Waals surface area contributed by atoms with Crippen molar-refractivity contribution in [2.75, 3.05) is 13.2 Å². The molecule has 90 valence electrons. The first-order valence-electron chi connectivity index (χ1n) is 6.08. The van der Waals surface area contributed by atoms with Gasteiger partial charge >= 0.3 is 0 Å². The van der Waals surface area contributed by atoms with Crippen LogP contribution in [0.25, 0.3) is 0 Å². The molecule has 0 saturated carbocycles. The predicted octanol–water partition coefficient (Wildman–Crippen LogP) is 1.75. The first-order chi connectivity index (χ1) is 7.83. The quantitative estimate of drug-likeness (QED) is 0.847. The van der Waals surface area contributed by atoms with Gasteiger partial charge in [-0.3, -0.25) is 0 Å². The van der Waals surface area contributed by atoms with Crippen LogP contribution in [0, 0.1) is 5.92 Å². The van der Waals surface area contributed by atoms with Gasteiger partial charge in [-0.25, -0.2) is 4.98 Å². The minimum Gasteiger partial charge on any atom is -0.386 e. The van der Waals surface area contributed by atoms with Crippen LogP contribution in [0.2, 0.25) is 0 Å². The van der Waals surface area contributed by atoms with Gasteiger partial charge in [0.2, 0.25) is 0 Å². The Morgan fingerprint density at radius 3 is 3.25 bits per heavy atom. The second-order valence-corrected chi connectivity index (χ2v) is 4.43. The molecule has 1 aromatic heterocycles. The van der Waals surface area contributed by atoms with E-state index in [1.807, 2.05) is 4.57 Å². The monoisotopic (exact) mass is 224 g/mol. The maximum atomic E-state index is 10.3. The first kappa shape index (κ1) is 11.6. The normalized spacial score (nSPS) is 23.2. The highest BCUT2D eigenvalue weighted by Crippen LogP contribution is 2.28. The molecule has 4 nitrogen and oxygen atoms in total. The fourth-order valence-electron chi connectivity index (χ4n) is 2.26. The molecule has 4 heteroatoms. The van der Waals surface area contributed by atoms with Crippen LogP contribution in [-0.4, -0.2) is 27.9 Å². The zero-order chi connectivity index (χ0) is 11.4. The van der Waals surface area contributed by atoms with Crippen LogP contribution in [0.1, 0.15) is 38.0 Å². The summed E-state index contributed by atoms with van der Waals surface area (Å²) in [4.78, 5) is 4.12. The van der Waals surface area contributed by atoms with Gasteiger partial charge in [0.25, 0.3) is 0 Å². The highest BCUT2D eigenvalue weighted by atomic mass is 16.5. The van der Waals surface area contributed by atoms with E-state index >= 15 is 0 Å². The Kier molecular flexibility index (Phi) is 3.96. The van der Waals surface area contributed by atoms with E-state index in [0.29, 0.717) is 6.61 Å². The topological polar surface area (TPSA) is 47.3 Å². The minimum atomic E-state index is -0.436. The molecule has 2 heterocycles. The van der Waals surface area contributed by atoms with E-state index in [0.717, 1.165) is 38.1 Å². The summed E-state index contributed by atoms with van der Waals surface area (Å²) in [5.41, 5.74) is 0.928. The van der Waals surface area contributed by atoms with E-state index < -0.39 is 6.10 Å². The van der Waals surface area contributed by atoms with Gasteiger partial charge in [-0.05, 0) is 19.3 Å². The lowest BCUT2D eigenvalue weighted by Gasteiger charge is -2.27. The molecule has 0 aliphatic carbocycles. The molecule has 2 atom stereocenters. The van der Waals surface area contributed by atoms with Gasteiger partial charge in [0, 0.05) is 19.1 Å². The van der Waals surface area contributed by atoms with Crippen molar-refractivity contribution in [2.24, 2.45) is 5.92 Å². The van der Waals surface area contributed by atoms with Gasteiger partial charge < -0.3 is 14.4 Å². The summed E-state index contributed by atoms with van der Waals surface area (Å²) in [6.45, 7) is 4.54. The molecule has 0 amide bonds. The maximum Gasteiger partial charge on any atom is 0.101 e. The van der Waals surface area contributed by atoms with Crippen LogP contribution < -0.4 is 0 Å². The number of imidazole rings is 1. The Morgan fingerprint density at radius 2 is 2.56 bits per heavy atom. The van der Waals surface area contributed by atoms with Crippen LogP contribution in [-0.2, 0) is 11.3 Å². The minimum absolute atomic E-state index is 0.223. The van der Waals surface area contributed by atoms with Crippen LogP contribution in [0.4, 0.5) is 0 Å². The summed E-state index contributed by atoms with van der Waals surface area (Å²) >= 11 is 0. The average molecular weight is 224 g/mol. The van der Waals surface area contributed by atoms with Crippen LogP contribution in [0.5, 0.6) is 0 Å². The predicted molar refractivity (Wildman–Crippen MR) is 61.0 cm³/mol. The lowest BCUT2D eigenvalue weighted by molar-refractivity contribution is -0.0128. The number of nitrogens with zero attached hydrogens (tertiary/aromatic N) is 2. The Labute approximate surface area is 96.3 Å². The summed E-state index contributed by atoms with van der Waals surface area (Å²) in [5, 5.41) is 10.3. The third-order valence-electron chi connectivity index (χ3n) is 3.15. The largest absolute Gasteiger partial charge is 0.386 e. The molecule has 1 aromatic rings. The number of aromatic nitrogens is 2. The van der Waals surface area contributed by atoms with Gasteiger partial charge in [-0.15, -0.1) is 0 Å². The molecule has 0 radical (unpaired) electrons. The van der Waals surface area contributed by atoms with Crippen LogP contribution in [0.3, 0.4) is 0 Å². The molecule has 1 N–H and O–H groups in total. The van der Waals surface area contributed by atoms with Gasteiger partial charge in [-0.2, -0.15) is 0 Å². The van der Waals surface area contributed by atoms with Crippen molar-refractivity contribution in [1.29, 1.82) is 0 Å². The molecular weight excluding hydrogens is 204 g/mol. The van der Waals surface area contributed by atoms with Gasteiger partial charge in [0.05, 0.1) is 24.8 Å². The van der Waals surface area contributed by atoms with Gasteiger partial charge in [0.1, 0.15) is 6.10 Å². The van der Waals surface area contributed by atoms with Crippen molar-refractivity contribution in [3.05, 3.63) is 18.2 Å². The van der Waals surface area contributed by atoms with Crippen molar-refractivity contribution in [3.8, 4) is 0 Å².